The van der Waals surface area contributed by atoms with Crippen molar-refractivity contribution in [2.75, 3.05) is 6.54 Å². The van der Waals surface area contributed by atoms with Crippen molar-refractivity contribution in [2.45, 2.75) is 29.3 Å². The molecule has 1 fully saturated rings. The van der Waals surface area contributed by atoms with E-state index in [2.05, 4.69) is 4.98 Å². The normalized spacial score (nSPS) is 19.3. The van der Waals surface area contributed by atoms with Crippen molar-refractivity contribution >= 4 is 34.5 Å². The molecule has 1 heterocycles. The van der Waals surface area contributed by atoms with Crippen molar-refractivity contribution in [1.29, 1.82) is 0 Å². The van der Waals surface area contributed by atoms with E-state index in [-0.39, 0.29) is 24.7 Å². The zero-order valence-electron chi connectivity index (χ0n) is 20.1. The molecule has 0 bridgehead atoms. The van der Waals surface area contributed by atoms with Gasteiger partial charge in [0, 0.05) is 30.2 Å². The van der Waals surface area contributed by atoms with E-state index < -0.39 is 28.5 Å². The number of carbonyl (C=O) groups is 2. The van der Waals surface area contributed by atoms with Crippen LogP contribution in [0.4, 0.5) is 0 Å². The third-order valence-electron chi connectivity index (χ3n) is 6.80. The second kappa shape index (κ2) is 10.5. The van der Waals surface area contributed by atoms with Gasteiger partial charge in [0.25, 0.3) is 0 Å². The molecule has 1 saturated carbocycles. The molecule has 4 aromatic rings. The summed E-state index contributed by atoms with van der Waals surface area (Å²) >= 11 is 5.99. The molecule has 0 aliphatic heterocycles. The molecule has 1 aliphatic carbocycles. The zero-order chi connectivity index (χ0) is 26.9. The molecule has 3 aromatic carbocycles. The topological polar surface area (TPSA) is 113 Å². The molecular weight excluding hydrogens is 526 g/mol. The minimum Gasteiger partial charge on any atom is -0.480 e. The summed E-state index contributed by atoms with van der Waals surface area (Å²) in [5.41, 5.74) is 1.25. The molecule has 5 rings (SSSR count). The van der Waals surface area contributed by atoms with Gasteiger partial charge >= 0.3 is 11.9 Å². The number of carboxylic acid groups (broad SMARTS) is 2. The molecule has 10 heteroatoms. The van der Waals surface area contributed by atoms with E-state index >= 15 is 0 Å². The Morgan fingerprint density at radius 3 is 2.21 bits per heavy atom. The summed E-state index contributed by atoms with van der Waals surface area (Å²) in [7, 11) is -1.81. The average molecular weight is 550 g/mol. The SMILES string of the molecule is O=C(O)c1cn(CCN(S(=O)c2ccc(-c3ccc(Cl)cc3)cc2)C2(C(=O)O)CC2c2ccccc2)cn1. The average Bonchev–Trinajstić information content (AvgIpc) is 3.50. The predicted molar refractivity (Wildman–Crippen MR) is 143 cm³/mol. The lowest BCUT2D eigenvalue weighted by atomic mass is 10.1. The van der Waals surface area contributed by atoms with Gasteiger partial charge in [0.1, 0.15) is 16.5 Å². The number of aromatic nitrogens is 2. The van der Waals surface area contributed by atoms with Crippen LogP contribution in [0, 0.1) is 0 Å². The van der Waals surface area contributed by atoms with E-state index in [9.17, 15) is 24.0 Å². The van der Waals surface area contributed by atoms with Gasteiger partial charge in [-0.2, -0.15) is 0 Å². The summed E-state index contributed by atoms with van der Waals surface area (Å²) in [6.07, 6.45) is 3.06. The molecule has 38 heavy (non-hydrogen) atoms. The van der Waals surface area contributed by atoms with E-state index in [0.717, 1.165) is 16.7 Å². The lowest BCUT2D eigenvalue weighted by Gasteiger charge is -2.29. The van der Waals surface area contributed by atoms with E-state index in [0.29, 0.717) is 16.3 Å². The Morgan fingerprint density at radius 2 is 1.63 bits per heavy atom. The minimum absolute atomic E-state index is 0.108. The molecule has 194 valence electrons. The Balaban J connectivity index is 1.46. The van der Waals surface area contributed by atoms with E-state index in [1.165, 1.54) is 16.8 Å². The van der Waals surface area contributed by atoms with Gasteiger partial charge in [-0.05, 0) is 47.4 Å². The molecule has 3 atom stereocenters. The van der Waals surface area contributed by atoms with Crippen molar-refractivity contribution in [3.8, 4) is 11.1 Å². The van der Waals surface area contributed by atoms with Gasteiger partial charge in [0.05, 0.1) is 11.2 Å². The third-order valence-corrected chi connectivity index (χ3v) is 8.63. The monoisotopic (exact) mass is 549 g/mol. The summed E-state index contributed by atoms with van der Waals surface area (Å²) in [6.45, 7) is 0.321. The number of aliphatic carboxylic acids is 1. The molecule has 1 aliphatic rings. The third kappa shape index (κ3) is 5.00. The highest BCUT2D eigenvalue weighted by atomic mass is 35.5. The van der Waals surface area contributed by atoms with Crippen molar-refractivity contribution in [2.24, 2.45) is 0 Å². The zero-order valence-corrected chi connectivity index (χ0v) is 21.7. The first-order chi connectivity index (χ1) is 18.3. The van der Waals surface area contributed by atoms with Crippen molar-refractivity contribution in [3.05, 3.63) is 108 Å². The van der Waals surface area contributed by atoms with Crippen LogP contribution in [-0.2, 0) is 22.3 Å². The summed E-state index contributed by atoms with van der Waals surface area (Å²) in [4.78, 5) is 28.3. The maximum Gasteiger partial charge on any atom is 0.356 e. The smallest absolute Gasteiger partial charge is 0.356 e. The first kappa shape index (κ1) is 25.8. The second-order valence-corrected chi connectivity index (χ2v) is 10.9. The molecule has 2 N–H and O–H groups in total. The van der Waals surface area contributed by atoms with Crippen LogP contribution >= 0.6 is 11.6 Å². The molecule has 0 radical (unpaired) electrons. The first-order valence-corrected chi connectivity index (χ1v) is 13.4. The fourth-order valence-corrected chi connectivity index (χ4v) is 6.29. The van der Waals surface area contributed by atoms with Crippen LogP contribution in [0.2, 0.25) is 5.02 Å². The molecule has 8 nitrogen and oxygen atoms in total. The number of halogens is 1. The van der Waals surface area contributed by atoms with Crippen LogP contribution < -0.4 is 0 Å². The number of benzene rings is 3. The van der Waals surface area contributed by atoms with Gasteiger partial charge in [-0.1, -0.05) is 66.2 Å². The van der Waals surface area contributed by atoms with Gasteiger partial charge in [0.2, 0.25) is 0 Å². The maximum atomic E-state index is 14.0. The molecule has 0 spiro atoms. The number of nitrogens with zero attached hydrogens (tertiary/aromatic N) is 3. The van der Waals surface area contributed by atoms with Crippen LogP contribution in [0.5, 0.6) is 0 Å². The molecule has 3 unspecified atom stereocenters. The van der Waals surface area contributed by atoms with Crippen LogP contribution in [0.3, 0.4) is 0 Å². The van der Waals surface area contributed by atoms with Gasteiger partial charge in [-0.15, -0.1) is 0 Å². The van der Waals surface area contributed by atoms with Gasteiger partial charge in [0.15, 0.2) is 5.69 Å². The predicted octanol–water partition coefficient (Wildman–Crippen LogP) is 4.94. The maximum absolute atomic E-state index is 14.0. The highest BCUT2D eigenvalue weighted by Crippen LogP contribution is 2.56. The second-order valence-electron chi connectivity index (χ2n) is 9.08. The Bertz CT molecular complexity index is 1490. The Morgan fingerprint density at radius 1 is 1.00 bits per heavy atom. The Hall–Kier alpha value is -3.79. The summed E-state index contributed by atoms with van der Waals surface area (Å²) in [5, 5.41) is 20.2. The lowest BCUT2D eigenvalue weighted by molar-refractivity contribution is -0.143. The first-order valence-electron chi connectivity index (χ1n) is 11.9. The highest BCUT2D eigenvalue weighted by Gasteiger charge is 2.66. The number of carboxylic acids is 2. The number of aromatic carboxylic acids is 1. The van der Waals surface area contributed by atoms with Gasteiger partial charge in [-0.25, -0.2) is 18.3 Å². The summed E-state index contributed by atoms with van der Waals surface area (Å²) in [5.74, 6) is -2.54. The fraction of sp³-hybridized carbons (Fsp3) is 0.179. The van der Waals surface area contributed by atoms with Crippen LogP contribution in [-0.4, -0.2) is 52.3 Å². The summed E-state index contributed by atoms with van der Waals surface area (Å²) in [6, 6.07) is 23.9. The van der Waals surface area contributed by atoms with Gasteiger partial charge < -0.3 is 14.8 Å². The quantitative estimate of drug-likeness (QED) is 0.290. The van der Waals surface area contributed by atoms with Crippen LogP contribution in [0.1, 0.15) is 28.4 Å². The van der Waals surface area contributed by atoms with Crippen LogP contribution in [0.15, 0.2) is 96.3 Å². The molecule has 1 aromatic heterocycles. The van der Waals surface area contributed by atoms with Crippen molar-refractivity contribution in [1.82, 2.24) is 13.9 Å². The Labute approximate surface area is 226 Å². The minimum atomic E-state index is -1.81. The fourth-order valence-electron chi connectivity index (χ4n) is 4.71. The highest BCUT2D eigenvalue weighted by molar-refractivity contribution is 7.82. The van der Waals surface area contributed by atoms with E-state index in [4.69, 9.17) is 11.6 Å². The molecule has 0 amide bonds. The Kier molecular flexibility index (Phi) is 7.16. The number of hydrogen-bond acceptors (Lipinski definition) is 4. The molecular formula is C28H24ClN3O5S. The van der Waals surface area contributed by atoms with Crippen LogP contribution in [0.25, 0.3) is 11.1 Å². The van der Waals surface area contributed by atoms with E-state index in [1.807, 2.05) is 54.6 Å². The lowest BCUT2D eigenvalue weighted by Crippen LogP contribution is -2.47. The number of rotatable bonds is 10. The standard InChI is InChI=1S/C28H24ClN3O5S/c29-22-10-6-19(7-11-22)20-8-12-23(13-9-20)38(37)32(15-14-31-17-25(26(33)34)30-18-31)28(27(35)36)16-24(28)21-4-2-1-3-5-21/h1-13,17-18,24H,14-16H2,(H,33,34)(H,35,36). The summed E-state index contributed by atoms with van der Waals surface area (Å²) < 4.78 is 17.1. The molecule has 0 saturated heterocycles. The van der Waals surface area contributed by atoms with Gasteiger partial charge in [-0.3, -0.25) is 4.79 Å². The van der Waals surface area contributed by atoms with Crippen molar-refractivity contribution < 1.29 is 24.0 Å². The number of imidazole rings is 1. The van der Waals surface area contributed by atoms with Crippen molar-refractivity contribution in [3.63, 3.8) is 0 Å². The largest absolute Gasteiger partial charge is 0.480 e. The number of hydrogen-bond donors (Lipinski definition) is 2. The van der Waals surface area contributed by atoms with E-state index in [1.54, 1.807) is 28.8 Å².